The van der Waals surface area contributed by atoms with E-state index in [4.69, 9.17) is 0 Å². The summed E-state index contributed by atoms with van der Waals surface area (Å²) in [4.78, 5) is 29.1. The smallest absolute Gasteiger partial charge is 0.255 e. The van der Waals surface area contributed by atoms with Gasteiger partial charge >= 0.3 is 0 Å². The first-order chi connectivity index (χ1) is 13.1. The summed E-state index contributed by atoms with van der Waals surface area (Å²) in [6.07, 6.45) is 1.78. The van der Waals surface area contributed by atoms with Crippen molar-refractivity contribution in [3.8, 4) is 0 Å². The molecule has 0 bridgehead atoms. The van der Waals surface area contributed by atoms with Crippen LogP contribution in [-0.2, 0) is 9.59 Å². The number of amides is 2. The van der Waals surface area contributed by atoms with Crippen LogP contribution in [0.3, 0.4) is 0 Å². The third-order valence-electron chi connectivity index (χ3n) is 4.63. The van der Waals surface area contributed by atoms with E-state index < -0.39 is 6.04 Å². The average molecular weight is 360 g/mol. The third kappa shape index (κ3) is 2.99. The molecule has 2 amide bonds. The van der Waals surface area contributed by atoms with Crippen molar-refractivity contribution >= 4 is 28.6 Å². The van der Waals surface area contributed by atoms with E-state index >= 15 is 0 Å². The van der Waals surface area contributed by atoms with Gasteiger partial charge in [-0.25, -0.2) is 5.01 Å². The molecule has 3 aromatic rings. The molecule has 0 unspecified atom stereocenters. The van der Waals surface area contributed by atoms with Crippen molar-refractivity contribution in [1.29, 1.82) is 0 Å². The Bertz CT molecular complexity index is 1040. The van der Waals surface area contributed by atoms with Gasteiger partial charge in [0.05, 0.1) is 0 Å². The number of hydrogen-bond acceptors (Lipinski definition) is 3. The molecule has 0 aliphatic carbocycles. The van der Waals surface area contributed by atoms with Gasteiger partial charge in [0.2, 0.25) is 5.91 Å². The predicted molar refractivity (Wildman–Crippen MR) is 104 cm³/mol. The molecule has 27 heavy (non-hydrogen) atoms. The topological polar surface area (TPSA) is 77.6 Å². The van der Waals surface area contributed by atoms with Gasteiger partial charge in [-0.2, -0.15) is 5.10 Å². The number of benzene rings is 2. The Morgan fingerprint density at radius 2 is 1.78 bits per heavy atom. The first kappa shape index (κ1) is 17.0. The highest BCUT2D eigenvalue weighted by Crippen LogP contribution is 2.32. The molecular formula is C21H20N4O2. The molecule has 6 nitrogen and oxygen atoms in total. The minimum absolute atomic E-state index is 0.200. The standard InChI is InChI=1S/C21H20N4O2/c1-13(2)21(27)25-18(16-12-22-17-11-7-6-10-15(16)17)20(26)23-19(24-25)14-8-4-3-5-9-14/h3-13,18,22H,1-2H3,(H,23,24,26)/t18-/m0/s1. The maximum Gasteiger partial charge on any atom is 0.255 e. The zero-order valence-electron chi connectivity index (χ0n) is 15.1. The maximum absolute atomic E-state index is 13.1. The largest absolute Gasteiger partial charge is 0.361 e. The van der Waals surface area contributed by atoms with Crippen molar-refractivity contribution in [3.63, 3.8) is 0 Å². The van der Waals surface area contributed by atoms with E-state index in [0.29, 0.717) is 5.84 Å². The van der Waals surface area contributed by atoms with Gasteiger partial charge in [-0.05, 0) is 6.07 Å². The number of rotatable bonds is 3. The fraction of sp³-hybridized carbons (Fsp3) is 0.190. The number of H-pyrrole nitrogens is 1. The average Bonchev–Trinajstić information content (AvgIpc) is 3.11. The summed E-state index contributed by atoms with van der Waals surface area (Å²) in [5.41, 5.74) is 2.40. The lowest BCUT2D eigenvalue weighted by Crippen LogP contribution is -2.50. The minimum Gasteiger partial charge on any atom is -0.361 e. The second kappa shape index (κ2) is 6.72. The van der Waals surface area contributed by atoms with Crippen LogP contribution in [-0.4, -0.2) is 27.6 Å². The maximum atomic E-state index is 13.1. The van der Waals surface area contributed by atoms with E-state index in [1.165, 1.54) is 5.01 Å². The molecule has 1 aliphatic heterocycles. The van der Waals surface area contributed by atoms with Crippen LogP contribution >= 0.6 is 0 Å². The SMILES string of the molecule is CC(C)C(=O)N1N=C(c2ccccc2)NC(=O)[C@@H]1c1c[nH]c2ccccc12. The van der Waals surface area contributed by atoms with Crippen molar-refractivity contribution in [2.75, 3.05) is 0 Å². The fourth-order valence-corrected chi connectivity index (χ4v) is 3.25. The molecule has 1 aliphatic rings. The Morgan fingerprint density at radius 1 is 1.07 bits per heavy atom. The summed E-state index contributed by atoms with van der Waals surface area (Å²) in [6.45, 7) is 3.61. The van der Waals surface area contributed by atoms with Gasteiger partial charge < -0.3 is 10.3 Å². The van der Waals surface area contributed by atoms with Crippen LogP contribution in [0.4, 0.5) is 0 Å². The van der Waals surface area contributed by atoms with Crippen molar-refractivity contribution in [3.05, 3.63) is 71.9 Å². The minimum atomic E-state index is -0.816. The summed E-state index contributed by atoms with van der Waals surface area (Å²) >= 11 is 0. The number of hydrogen-bond donors (Lipinski definition) is 2. The number of nitrogens with zero attached hydrogens (tertiary/aromatic N) is 2. The van der Waals surface area contributed by atoms with Crippen LogP contribution in [0.1, 0.15) is 31.0 Å². The summed E-state index contributed by atoms with van der Waals surface area (Å²) in [7, 11) is 0. The lowest BCUT2D eigenvalue weighted by atomic mass is 10.0. The second-order valence-electron chi connectivity index (χ2n) is 6.83. The van der Waals surface area contributed by atoms with E-state index in [2.05, 4.69) is 15.4 Å². The zero-order valence-corrected chi connectivity index (χ0v) is 15.1. The molecule has 0 saturated carbocycles. The normalized spacial score (nSPS) is 17.1. The zero-order chi connectivity index (χ0) is 19.0. The second-order valence-corrected chi connectivity index (χ2v) is 6.83. The molecule has 1 aromatic heterocycles. The number of fused-ring (bicyclic) bond motifs is 1. The highest BCUT2D eigenvalue weighted by molar-refractivity contribution is 6.12. The Kier molecular flexibility index (Phi) is 4.24. The summed E-state index contributed by atoms with van der Waals surface area (Å²) in [5, 5.41) is 9.61. The molecule has 1 atom stereocenters. The highest BCUT2D eigenvalue weighted by atomic mass is 16.2. The van der Waals surface area contributed by atoms with Crippen molar-refractivity contribution < 1.29 is 9.59 Å². The van der Waals surface area contributed by atoms with Crippen LogP contribution in [0, 0.1) is 5.92 Å². The molecule has 0 spiro atoms. The van der Waals surface area contributed by atoms with E-state index in [1.807, 2.05) is 54.6 Å². The number of nitrogens with one attached hydrogen (secondary N) is 2. The molecule has 0 saturated heterocycles. The fourth-order valence-electron chi connectivity index (χ4n) is 3.25. The van der Waals surface area contributed by atoms with E-state index in [1.54, 1.807) is 20.0 Å². The van der Waals surface area contributed by atoms with Gasteiger partial charge in [-0.3, -0.25) is 9.59 Å². The Morgan fingerprint density at radius 3 is 2.52 bits per heavy atom. The molecule has 0 radical (unpaired) electrons. The van der Waals surface area contributed by atoms with Gasteiger partial charge in [-0.1, -0.05) is 62.4 Å². The van der Waals surface area contributed by atoms with Crippen molar-refractivity contribution in [2.24, 2.45) is 11.0 Å². The first-order valence-corrected chi connectivity index (χ1v) is 8.90. The van der Waals surface area contributed by atoms with Crippen LogP contribution in [0.25, 0.3) is 10.9 Å². The number of para-hydroxylation sites is 1. The van der Waals surface area contributed by atoms with Crippen molar-refractivity contribution in [2.45, 2.75) is 19.9 Å². The van der Waals surface area contributed by atoms with Crippen LogP contribution in [0.5, 0.6) is 0 Å². The van der Waals surface area contributed by atoms with Gasteiger partial charge in [0.1, 0.15) is 0 Å². The van der Waals surface area contributed by atoms with Crippen molar-refractivity contribution in [1.82, 2.24) is 15.3 Å². The van der Waals surface area contributed by atoms with Crippen LogP contribution in [0.2, 0.25) is 0 Å². The van der Waals surface area contributed by atoms with Gasteiger partial charge in [0, 0.05) is 34.1 Å². The molecule has 136 valence electrons. The van der Waals surface area contributed by atoms with Gasteiger partial charge in [-0.15, -0.1) is 0 Å². The number of amidine groups is 1. The lowest BCUT2D eigenvalue weighted by Gasteiger charge is -2.32. The monoisotopic (exact) mass is 360 g/mol. The predicted octanol–water partition coefficient (Wildman–Crippen LogP) is 3.19. The molecule has 6 heteroatoms. The van der Waals surface area contributed by atoms with Crippen LogP contribution in [0.15, 0.2) is 65.9 Å². The number of carbonyl (C=O) groups is 2. The molecule has 2 heterocycles. The molecule has 2 N–H and O–H groups in total. The Labute approximate surface area is 156 Å². The molecule has 0 fully saturated rings. The molecule has 4 rings (SSSR count). The molecule has 2 aromatic carbocycles. The summed E-state index contributed by atoms with van der Waals surface area (Å²) in [6, 6.07) is 16.2. The Balaban J connectivity index is 1.84. The van der Waals surface area contributed by atoms with Gasteiger partial charge in [0.25, 0.3) is 5.91 Å². The Hall–Kier alpha value is -3.41. The molecular weight excluding hydrogens is 340 g/mol. The van der Waals surface area contributed by atoms with Gasteiger partial charge in [0.15, 0.2) is 11.9 Å². The number of hydrazone groups is 1. The van der Waals surface area contributed by atoms with E-state index in [0.717, 1.165) is 22.0 Å². The summed E-state index contributed by atoms with van der Waals surface area (Å²) in [5.74, 6) is -0.383. The quantitative estimate of drug-likeness (QED) is 0.752. The van der Waals surface area contributed by atoms with E-state index in [-0.39, 0.29) is 17.7 Å². The third-order valence-corrected chi connectivity index (χ3v) is 4.63. The number of carbonyl (C=O) groups excluding carboxylic acids is 2. The summed E-state index contributed by atoms with van der Waals surface area (Å²) < 4.78 is 0. The van der Waals surface area contributed by atoms with E-state index in [9.17, 15) is 9.59 Å². The lowest BCUT2D eigenvalue weighted by molar-refractivity contribution is -0.143. The first-order valence-electron chi connectivity index (χ1n) is 8.90. The highest BCUT2D eigenvalue weighted by Gasteiger charge is 2.38. The number of aromatic amines is 1. The van der Waals surface area contributed by atoms with Crippen LogP contribution < -0.4 is 5.32 Å². The number of aromatic nitrogens is 1.